The van der Waals surface area contributed by atoms with Crippen LogP contribution in [0.4, 0.5) is 0 Å². The Morgan fingerprint density at radius 2 is 1.68 bits per heavy atom. The Morgan fingerprint density at radius 3 is 2.29 bits per heavy atom. The van der Waals surface area contributed by atoms with Crippen molar-refractivity contribution in [3.8, 4) is 5.75 Å². The van der Waals surface area contributed by atoms with Crippen molar-refractivity contribution >= 4 is 15.5 Å². The van der Waals surface area contributed by atoms with Crippen molar-refractivity contribution in [2.75, 3.05) is 6.61 Å². The summed E-state index contributed by atoms with van der Waals surface area (Å²) in [5.41, 5.74) is 2.28. The highest BCUT2D eigenvalue weighted by Gasteiger charge is 2.51. The topological polar surface area (TPSA) is 73.6 Å². The van der Waals surface area contributed by atoms with E-state index in [1.165, 1.54) is 56.9 Å². The Labute approximate surface area is 183 Å². The summed E-state index contributed by atoms with van der Waals surface area (Å²) in [5.74, 6) is 4.77. The standard InChI is InChI=1S/C24H31N3O3S/c28-31(29,19-3-4-19)13-23-26-25-22-8-21(20(12-27(22)23)18-1-2-18)30-14-24-9-15-5-16(10-24)7-17(6-15)11-24/h8,12,15-19H,1-7,9-11,13-14H2. The molecule has 31 heavy (non-hydrogen) atoms. The number of hydrogen-bond donors (Lipinski definition) is 0. The number of fused-ring (bicyclic) bond motifs is 1. The van der Waals surface area contributed by atoms with Crippen LogP contribution in [0.5, 0.6) is 5.75 Å². The molecule has 7 heteroatoms. The third-order valence-electron chi connectivity index (χ3n) is 8.68. The minimum atomic E-state index is -3.12. The largest absolute Gasteiger partial charge is 0.493 e. The van der Waals surface area contributed by atoms with Gasteiger partial charge in [0, 0.05) is 23.2 Å². The molecule has 0 amide bonds. The minimum Gasteiger partial charge on any atom is -0.493 e. The Morgan fingerprint density at radius 1 is 1.00 bits per heavy atom. The van der Waals surface area contributed by atoms with Gasteiger partial charge < -0.3 is 4.74 Å². The molecule has 6 fully saturated rings. The van der Waals surface area contributed by atoms with E-state index < -0.39 is 9.84 Å². The van der Waals surface area contributed by atoms with Crippen LogP contribution in [0.1, 0.15) is 81.5 Å². The summed E-state index contributed by atoms with van der Waals surface area (Å²) >= 11 is 0. The van der Waals surface area contributed by atoms with Crippen LogP contribution in [-0.4, -0.2) is 34.9 Å². The zero-order valence-electron chi connectivity index (χ0n) is 18.0. The van der Waals surface area contributed by atoms with Crippen molar-refractivity contribution in [2.24, 2.45) is 23.2 Å². The summed E-state index contributed by atoms with van der Waals surface area (Å²) in [6.45, 7) is 0.823. The van der Waals surface area contributed by atoms with E-state index in [9.17, 15) is 8.42 Å². The van der Waals surface area contributed by atoms with E-state index in [1.807, 2.05) is 10.5 Å². The van der Waals surface area contributed by atoms with Crippen LogP contribution in [0.2, 0.25) is 0 Å². The Hall–Kier alpha value is -1.63. The van der Waals surface area contributed by atoms with E-state index in [0.29, 0.717) is 22.8 Å². The van der Waals surface area contributed by atoms with Gasteiger partial charge in [-0.05, 0) is 87.9 Å². The van der Waals surface area contributed by atoms with Gasteiger partial charge in [0.2, 0.25) is 0 Å². The Balaban J connectivity index is 1.18. The maximum Gasteiger partial charge on any atom is 0.164 e. The molecule has 0 N–H and O–H groups in total. The summed E-state index contributed by atoms with van der Waals surface area (Å²) in [6, 6.07) is 2.01. The lowest BCUT2D eigenvalue weighted by Crippen LogP contribution is -2.48. The van der Waals surface area contributed by atoms with Crippen LogP contribution in [0.15, 0.2) is 12.3 Å². The van der Waals surface area contributed by atoms with Crippen LogP contribution in [0, 0.1) is 23.2 Å². The predicted octanol–water partition coefficient (Wildman–Crippen LogP) is 4.28. The zero-order chi connectivity index (χ0) is 20.8. The summed E-state index contributed by atoms with van der Waals surface area (Å²) < 4.78 is 33.5. The fraction of sp³-hybridized carbons (Fsp3) is 0.750. The molecule has 0 saturated heterocycles. The molecular formula is C24H31N3O3S. The van der Waals surface area contributed by atoms with Crippen LogP contribution < -0.4 is 4.74 Å². The molecular weight excluding hydrogens is 410 g/mol. The Bertz CT molecular complexity index is 1110. The third-order valence-corrected chi connectivity index (χ3v) is 10.8. The molecule has 2 aromatic heterocycles. The first kappa shape index (κ1) is 18.9. The van der Waals surface area contributed by atoms with Crippen molar-refractivity contribution in [3.05, 3.63) is 23.7 Å². The molecule has 6 aliphatic carbocycles. The molecule has 6 saturated carbocycles. The molecule has 0 spiro atoms. The van der Waals surface area contributed by atoms with E-state index >= 15 is 0 Å². The number of hydrogen-bond acceptors (Lipinski definition) is 5. The molecule has 0 unspecified atom stereocenters. The summed E-state index contributed by atoms with van der Waals surface area (Å²) in [6.07, 6.45) is 14.4. The zero-order valence-corrected chi connectivity index (χ0v) is 18.8. The van der Waals surface area contributed by atoms with Crippen LogP contribution >= 0.6 is 0 Å². The van der Waals surface area contributed by atoms with Crippen molar-refractivity contribution in [1.82, 2.24) is 14.6 Å². The van der Waals surface area contributed by atoms with Crippen LogP contribution in [-0.2, 0) is 15.6 Å². The van der Waals surface area contributed by atoms with Gasteiger partial charge in [-0.1, -0.05) is 0 Å². The number of sulfone groups is 1. The van der Waals surface area contributed by atoms with E-state index in [2.05, 4.69) is 16.4 Å². The van der Waals surface area contributed by atoms with Crippen molar-refractivity contribution in [3.63, 3.8) is 0 Å². The molecule has 8 rings (SSSR count). The lowest BCUT2D eigenvalue weighted by Gasteiger charge is -2.56. The van der Waals surface area contributed by atoms with Crippen molar-refractivity contribution < 1.29 is 13.2 Å². The summed E-state index contributed by atoms with van der Waals surface area (Å²) in [5, 5.41) is 8.38. The maximum absolute atomic E-state index is 12.5. The average Bonchev–Trinajstić information content (AvgIpc) is 3.62. The van der Waals surface area contributed by atoms with Gasteiger partial charge in [-0.2, -0.15) is 0 Å². The SMILES string of the molecule is O=S(=O)(Cc1nnc2cc(OCC34CC5CC(CC(C5)C3)C4)c(C3CC3)cn12)C1CC1. The number of nitrogens with zero attached hydrogens (tertiary/aromatic N) is 3. The number of ether oxygens (including phenoxy) is 1. The maximum atomic E-state index is 12.5. The number of pyridine rings is 1. The van der Waals surface area contributed by atoms with Crippen molar-refractivity contribution in [1.29, 1.82) is 0 Å². The number of aromatic nitrogens is 3. The second-order valence-electron chi connectivity index (χ2n) is 11.4. The smallest absolute Gasteiger partial charge is 0.164 e. The van der Waals surface area contributed by atoms with E-state index in [0.717, 1.165) is 43.0 Å². The highest BCUT2D eigenvalue weighted by molar-refractivity contribution is 7.91. The lowest BCUT2D eigenvalue weighted by atomic mass is 9.50. The van der Waals surface area contributed by atoms with Gasteiger partial charge in [0.25, 0.3) is 0 Å². The van der Waals surface area contributed by atoms with Gasteiger partial charge in [0.05, 0.1) is 11.9 Å². The first-order valence-corrected chi connectivity index (χ1v) is 13.9. The second-order valence-corrected chi connectivity index (χ2v) is 13.7. The molecule has 0 aliphatic heterocycles. The van der Waals surface area contributed by atoms with Gasteiger partial charge >= 0.3 is 0 Å². The molecule has 166 valence electrons. The normalized spacial score (nSPS) is 34.5. The lowest BCUT2D eigenvalue weighted by molar-refractivity contribution is -0.0746. The van der Waals surface area contributed by atoms with E-state index in [4.69, 9.17) is 4.74 Å². The molecule has 6 nitrogen and oxygen atoms in total. The first-order valence-electron chi connectivity index (χ1n) is 12.2. The molecule has 0 atom stereocenters. The Kier molecular flexibility index (Phi) is 3.94. The summed E-state index contributed by atoms with van der Waals surface area (Å²) in [4.78, 5) is 0. The molecule has 4 bridgehead atoms. The van der Waals surface area contributed by atoms with Crippen LogP contribution in [0.3, 0.4) is 0 Å². The molecule has 0 radical (unpaired) electrons. The average molecular weight is 442 g/mol. The van der Waals surface area contributed by atoms with Crippen molar-refractivity contribution in [2.45, 2.75) is 81.1 Å². The quantitative estimate of drug-likeness (QED) is 0.641. The molecule has 0 aromatic carbocycles. The fourth-order valence-corrected chi connectivity index (χ4v) is 8.97. The van der Waals surface area contributed by atoms with E-state index in [-0.39, 0.29) is 11.0 Å². The summed E-state index contributed by atoms with van der Waals surface area (Å²) in [7, 11) is -3.12. The second kappa shape index (κ2) is 6.46. The van der Waals surface area contributed by atoms with E-state index in [1.54, 1.807) is 0 Å². The third kappa shape index (κ3) is 3.30. The molecule has 6 aliphatic rings. The number of rotatable bonds is 7. The van der Waals surface area contributed by atoms with Gasteiger partial charge in [-0.25, -0.2) is 8.42 Å². The first-order chi connectivity index (χ1) is 15.0. The van der Waals surface area contributed by atoms with Gasteiger partial charge in [0.1, 0.15) is 11.5 Å². The highest BCUT2D eigenvalue weighted by atomic mass is 32.2. The fourth-order valence-electron chi connectivity index (χ4n) is 7.33. The van der Waals surface area contributed by atoms with Gasteiger partial charge in [-0.15, -0.1) is 10.2 Å². The molecule has 2 aromatic rings. The van der Waals surface area contributed by atoms with Crippen LogP contribution in [0.25, 0.3) is 5.65 Å². The van der Waals surface area contributed by atoms with Gasteiger partial charge in [-0.3, -0.25) is 4.40 Å². The minimum absolute atomic E-state index is 0.0174. The predicted molar refractivity (Wildman–Crippen MR) is 117 cm³/mol. The molecule has 2 heterocycles. The highest BCUT2D eigenvalue weighted by Crippen LogP contribution is 2.60. The van der Waals surface area contributed by atoms with Gasteiger partial charge in [0.15, 0.2) is 21.3 Å². The monoisotopic (exact) mass is 441 g/mol.